The quantitative estimate of drug-likeness (QED) is 0.0473. The number of amides is 7. The molecule has 2 heterocycles. The average Bonchev–Trinajstić information content (AvgIpc) is 3.75. The fourth-order valence-electron chi connectivity index (χ4n) is 9.15. The predicted molar refractivity (Wildman–Crippen MR) is 262 cm³/mol. The zero-order valence-corrected chi connectivity index (χ0v) is 39.2. The standard InChI is InChI=1S/C51H67N11O7/c1-32(63)57-41(27-33-15-5-2-6-16-33)47(66)59-40-24-13-25-54-45(64)39(23-14-26-55-51(52)53)58-50(69)44(30-36-31-56-38-22-12-11-21-37(36)38)62-49(68)43(29-35-19-9-4-10-20-35)61-48(67)42(60-46(40)65)28-34-17-7-3-8-18-34/h2-3,5-8,11-12,15-18,21-22,31,35,39-44,56H,4,9-10,13-14,19-20,23-30H2,1H3,(H,54,64)(H,57,63)(H,58,69)(H,59,66)(H,60,65)(H,61,67)(H,62,68)(H4,52,53,55)/t39-,40-,41-,42-,43+,44-/m0/s1. The minimum Gasteiger partial charge on any atom is -0.370 e. The summed E-state index contributed by atoms with van der Waals surface area (Å²) < 4.78 is 0. The minimum atomic E-state index is -1.23. The van der Waals surface area contributed by atoms with Crippen LogP contribution in [0.25, 0.3) is 10.9 Å². The molecule has 6 rings (SSSR count). The van der Waals surface area contributed by atoms with Crippen LogP contribution in [-0.4, -0.2) is 102 Å². The zero-order valence-electron chi connectivity index (χ0n) is 39.2. The summed E-state index contributed by atoms with van der Waals surface area (Å²) in [6, 6.07) is 18.9. The Morgan fingerprint density at radius 1 is 0.696 bits per heavy atom. The highest BCUT2D eigenvalue weighted by Gasteiger charge is 2.35. The van der Waals surface area contributed by atoms with Crippen molar-refractivity contribution in [3.63, 3.8) is 0 Å². The van der Waals surface area contributed by atoms with E-state index in [-0.39, 0.29) is 69.9 Å². The lowest BCUT2D eigenvalue weighted by atomic mass is 9.84. The molecule has 0 unspecified atom stereocenters. The third-order valence-corrected chi connectivity index (χ3v) is 12.8. The highest BCUT2D eigenvalue weighted by molar-refractivity contribution is 5.97. The molecule has 18 heteroatoms. The van der Waals surface area contributed by atoms with Crippen molar-refractivity contribution in [2.45, 2.75) is 127 Å². The number of aromatic nitrogens is 1. The first-order valence-corrected chi connectivity index (χ1v) is 24.1. The van der Waals surface area contributed by atoms with Gasteiger partial charge in [-0.15, -0.1) is 0 Å². The zero-order chi connectivity index (χ0) is 49.1. The van der Waals surface area contributed by atoms with E-state index in [2.05, 4.69) is 47.5 Å². The van der Waals surface area contributed by atoms with E-state index in [0.29, 0.717) is 6.42 Å². The molecular weight excluding hydrogens is 879 g/mol. The first kappa shape index (κ1) is 51.2. The molecule has 12 N–H and O–H groups in total. The molecule has 1 saturated carbocycles. The van der Waals surface area contributed by atoms with E-state index in [1.54, 1.807) is 6.20 Å². The van der Waals surface area contributed by atoms with Crippen molar-refractivity contribution in [1.82, 2.24) is 47.5 Å². The number of H-pyrrole nitrogens is 1. The van der Waals surface area contributed by atoms with Crippen LogP contribution in [0.1, 0.15) is 87.8 Å². The predicted octanol–water partition coefficient (Wildman–Crippen LogP) is 2.27. The summed E-state index contributed by atoms with van der Waals surface area (Å²) in [5.41, 5.74) is 8.61. The van der Waals surface area contributed by atoms with Gasteiger partial charge in [0.1, 0.15) is 36.3 Å². The summed E-state index contributed by atoms with van der Waals surface area (Å²) in [5, 5.41) is 31.2. The van der Waals surface area contributed by atoms with Crippen LogP contribution >= 0.6 is 0 Å². The van der Waals surface area contributed by atoms with Crippen LogP contribution in [0.3, 0.4) is 0 Å². The van der Waals surface area contributed by atoms with Crippen molar-refractivity contribution < 1.29 is 33.6 Å². The van der Waals surface area contributed by atoms with Crippen molar-refractivity contribution in [3.05, 3.63) is 108 Å². The molecule has 6 atom stereocenters. The average molecular weight is 946 g/mol. The number of carbonyl (C=O) groups excluding carboxylic acids is 7. The molecule has 368 valence electrons. The van der Waals surface area contributed by atoms with E-state index in [9.17, 15) is 33.6 Å². The molecule has 1 aromatic heterocycles. The highest BCUT2D eigenvalue weighted by atomic mass is 16.2. The highest BCUT2D eigenvalue weighted by Crippen LogP contribution is 2.28. The summed E-state index contributed by atoms with van der Waals surface area (Å²) in [6.07, 6.45) is 7.67. The third kappa shape index (κ3) is 15.9. The number of hydrogen-bond acceptors (Lipinski definition) is 8. The summed E-state index contributed by atoms with van der Waals surface area (Å²) in [5.74, 6) is -4.26. The second-order valence-corrected chi connectivity index (χ2v) is 18.2. The number of rotatable bonds is 15. The third-order valence-electron chi connectivity index (χ3n) is 12.8. The van der Waals surface area contributed by atoms with Gasteiger partial charge in [-0.25, -0.2) is 0 Å². The fraction of sp³-hybridized carbons (Fsp3) is 0.451. The lowest BCUT2D eigenvalue weighted by Crippen LogP contribution is -2.61. The summed E-state index contributed by atoms with van der Waals surface area (Å²) >= 11 is 0. The molecule has 2 fully saturated rings. The number of benzene rings is 3. The smallest absolute Gasteiger partial charge is 0.243 e. The maximum absolute atomic E-state index is 14.8. The summed E-state index contributed by atoms with van der Waals surface area (Å²) in [7, 11) is 0. The normalized spacial score (nSPS) is 21.8. The Morgan fingerprint density at radius 2 is 1.30 bits per heavy atom. The lowest BCUT2D eigenvalue weighted by molar-refractivity contribution is -0.136. The number of nitrogens with one attached hydrogen (secondary N) is 10. The summed E-state index contributed by atoms with van der Waals surface area (Å²) in [6.45, 7) is 1.58. The maximum atomic E-state index is 14.8. The van der Waals surface area contributed by atoms with Crippen LogP contribution in [0.2, 0.25) is 0 Å². The van der Waals surface area contributed by atoms with E-state index >= 15 is 0 Å². The molecule has 0 radical (unpaired) electrons. The molecule has 0 bridgehead atoms. The second-order valence-electron chi connectivity index (χ2n) is 18.2. The number of fused-ring (bicyclic) bond motifs is 1. The van der Waals surface area contributed by atoms with Gasteiger partial charge in [0.15, 0.2) is 5.96 Å². The molecule has 1 aliphatic heterocycles. The molecule has 69 heavy (non-hydrogen) atoms. The van der Waals surface area contributed by atoms with Gasteiger partial charge in [-0.05, 0) is 60.8 Å². The van der Waals surface area contributed by atoms with Crippen molar-refractivity contribution in [3.8, 4) is 0 Å². The Balaban J connectivity index is 1.35. The second kappa shape index (κ2) is 25.8. The Labute approximate surface area is 402 Å². The number of aromatic amines is 1. The topological polar surface area (TPSA) is 281 Å². The Hall–Kier alpha value is -7.24. The molecule has 7 amide bonds. The van der Waals surface area contributed by atoms with Gasteiger partial charge < -0.3 is 53.3 Å². The number of guanidine groups is 1. The van der Waals surface area contributed by atoms with Crippen LogP contribution < -0.4 is 48.3 Å². The fourth-order valence-corrected chi connectivity index (χ4v) is 9.15. The molecule has 2 aliphatic rings. The first-order chi connectivity index (χ1) is 33.3. The van der Waals surface area contributed by atoms with Gasteiger partial charge in [-0.3, -0.25) is 39.0 Å². The van der Waals surface area contributed by atoms with E-state index in [0.717, 1.165) is 59.7 Å². The van der Waals surface area contributed by atoms with Crippen molar-refractivity contribution in [2.24, 2.45) is 11.7 Å². The number of carbonyl (C=O) groups is 7. The molecule has 3 aromatic carbocycles. The van der Waals surface area contributed by atoms with Crippen LogP contribution in [0.15, 0.2) is 91.1 Å². The van der Waals surface area contributed by atoms with Crippen LogP contribution in [0.5, 0.6) is 0 Å². The Morgan fingerprint density at radius 3 is 2.00 bits per heavy atom. The Bertz CT molecular complexity index is 2390. The van der Waals surface area contributed by atoms with Gasteiger partial charge in [-0.1, -0.05) is 111 Å². The number of para-hydroxylation sites is 1. The van der Waals surface area contributed by atoms with Crippen LogP contribution in [0, 0.1) is 11.3 Å². The molecule has 18 nitrogen and oxygen atoms in total. The van der Waals surface area contributed by atoms with Crippen molar-refractivity contribution in [1.29, 1.82) is 5.41 Å². The van der Waals surface area contributed by atoms with Gasteiger partial charge in [0.2, 0.25) is 41.4 Å². The van der Waals surface area contributed by atoms with Gasteiger partial charge in [0, 0.05) is 56.4 Å². The van der Waals surface area contributed by atoms with E-state index in [1.165, 1.54) is 6.92 Å². The Kier molecular flexibility index (Phi) is 19.1. The van der Waals surface area contributed by atoms with Gasteiger partial charge in [0.05, 0.1) is 0 Å². The van der Waals surface area contributed by atoms with E-state index < -0.39 is 77.6 Å². The van der Waals surface area contributed by atoms with Crippen molar-refractivity contribution in [2.75, 3.05) is 13.1 Å². The van der Waals surface area contributed by atoms with Gasteiger partial charge >= 0.3 is 0 Å². The molecule has 0 spiro atoms. The SMILES string of the molecule is CC(=O)N[C@@H](Cc1ccccc1)C(=O)N[C@H]1CCCNC(=O)[C@H](CCCNC(=N)N)NC(=O)[C@H](Cc2c[nH]c3ccccc23)NC(=O)[C@@H](CC2CCCCC2)NC(=O)[C@H](Cc2ccccc2)NC1=O. The van der Waals surface area contributed by atoms with Crippen LogP contribution in [-0.2, 0) is 52.8 Å². The molecular formula is C51H67N11O7. The lowest BCUT2D eigenvalue weighted by Gasteiger charge is -2.30. The van der Waals surface area contributed by atoms with Gasteiger partial charge in [0.25, 0.3) is 0 Å². The molecule has 1 saturated heterocycles. The van der Waals surface area contributed by atoms with Crippen molar-refractivity contribution >= 4 is 58.2 Å². The number of nitrogens with two attached hydrogens (primary N) is 1. The molecule has 4 aromatic rings. The summed E-state index contributed by atoms with van der Waals surface area (Å²) in [4.78, 5) is 102. The minimum absolute atomic E-state index is 0.00855. The van der Waals surface area contributed by atoms with Crippen LogP contribution in [0.4, 0.5) is 0 Å². The maximum Gasteiger partial charge on any atom is 0.243 e. The van der Waals surface area contributed by atoms with Gasteiger partial charge in [-0.2, -0.15) is 0 Å². The molecule has 1 aliphatic carbocycles. The first-order valence-electron chi connectivity index (χ1n) is 24.1. The largest absolute Gasteiger partial charge is 0.370 e. The monoisotopic (exact) mass is 946 g/mol. The van der Waals surface area contributed by atoms with E-state index in [4.69, 9.17) is 11.1 Å². The number of hydrogen-bond donors (Lipinski definition) is 11. The van der Waals surface area contributed by atoms with E-state index in [1.807, 2.05) is 84.9 Å².